The molecular weight excluding hydrogens is 186 g/mol. The summed E-state index contributed by atoms with van der Waals surface area (Å²) in [6.45, 7) is 8.31. The molecule has 1 unspecified atom stereocenters. The molecule has 0 bridgehead atoms. The number of rotatable bonds is 4. The Labute approximate surface area is 94.8 Å². The highest BCUT2D eigenvalue weighted by atomic mass is 15.2. The van der Waals surface area contributed by atoms with E-state index in [1.807, 2.05) is 0 Å². The monoisotopic (exact) mass is 213 g/mol. The van der Waals surface area contributed by atoms with Crippen LogP contribution in [-0.4, -0.2) is 62.2 Å². The highest BCUT2D eigenvalue weighted by Crippen LogP contribution is 2.26. The average molecular weight is 213 g/mol. The van der Waals surface area contributed by atoms with Crippen molar-refractivity contribution in [1.82, 2.24) is 15.1 Å². The van der Waals surface area contributed by atoms with E-state index in [9.17, 15) is 0 Å². The van der Waals surface area contributed by atoms with Crippen molar-refractivity contribution >= 4 is 0 Å². The number of piperidine rings is 1. The molecule has 0 aromatic carbocycles. The molecule has 1 heterocycles. The van der Waals surface area contributed by atoms with Gasteiger partial charge >= 0.3 is 0 Å². The van der Waals surface area contributed by atoms with Gasteiger partial charge in [0, 0.05) is 31.2 Å². The molecule has 90 valence electrons. The highest BCUT2D eigenvalue weighted by Gasteiger charge is 2.33. The van der Waals surface area contributed by atoms with E-state index in [-0.39, 0.29) is 0 Å². The van der Waals surface area contributed by atoms with Crippen molar-refractivity contribution in [1.29, 1.82) is 0 Å². The van der Waals surface area contributed by atoms with E-state index in [0.29, 0.717) is 11.6 Å². The number of likely N-dealkylation sites (N-methyl/N-ethyl adjacent to an activating group) is 1. The second-order valence-corrected chi connectivity index (χ2v) is 5.58. The van der Waals surface area contributed by atoms with E-state index in [2.05, 4.69) is 50.1 Å². The Hall–Kier alpha value is -0.120. The van der Waals surface area contributed by atoms with Crippen LogP contribution in [0.1, 0.15) is 26.7 Å². The van der Waals surface area contributed by atoms with Crippen LogP contribution >= 0.6 is 0 Å². The van der Waals surface area contributed by atoms with Gasteiger partial charge in [-0.25, -0.2) is 0 Å². The molecule has 0 aromatic heterocycles. The number of likely N-dealkylation sites (tertiary alicyclic amines) is 1. The van der Waals surface area contributed by atoms with Crippen LogP contribution in [-0.2, 0) is 0 Å². The molecule has 0 aromatic rings. The molecule has 1 saturated heterocycles. The van der Waals surface area contributed by atoms with Crippen LogP contribution < -0.4 is 5.32 Å². The van der Waals surface area contributed by atoms with Crippen LogP contribution in [0.2, 0.25) is 0 Å². The minimum atomic E-state index is 0.349. The third kappa shape index (κ3) is 3.74. The van der Waals surface area contributed by atoms with Crippen molar-refractivity contribution in [2.75, 3.05) is 40.8 Å². The molecule has 1 N–H and O–H groups in total. The van der Waals surface area contributed by atoms with Crippen molar-refractivity contribution in [3.05, 3.63) is 0 Å². The standard InChI is InChI=1S/C12H27N3/c1-12(2)10-11(13-3)6-7-15(12)9-8-14(4)5/h11,13H,6-10H2,1-5H3. The van der Waals surface area contributed by atoms with Gasteiger partial charge in [-0.05, 0) is 47.8 Å². The third-order valence-corrected chi connectivity index (χ3v) is 3.57. The van der Waals surface area contributed by atoms with Gasteiger partial charge in [-0.15, -0.1) is 0 Å². The lowest BCUT2D eigenvalue weighted by Gasteiger charge is -2.46. The molecule has 3 nitrogen and oxygen atoms in total. The van der Waals surface area contributed by atoms with Crippen LogP contribution in [0.3, 0.4) is 0 Å². The smallest absolute Gasteiger partial charge is 0.0168 e. The SMILES string of the molecule is CNC1CCN(CCN(C)C)C(C)(C)C1. The summed E-state index contributed by atoms with van der Waals surface area (Å²) in [5.41, 5.74) is 0.349. The first-order valence-corrected chi connectivity index (χ1v) is 6.03. The highest BCUT2D eigenvalue weighted by molar-refractivity contribution is 4.91. The molecule has 1 atom stereocenters. The van der Waals surface area contributed by atoms with Crippen LogP contribution in [0.25, 0.3) is 0 Å². The van der Waals surface area contributed by atoms with Crippen molar-refractivity contribution in [2.45, 2.75) is 38.3 Å². The Bertz CT molecular complexity index is 189. The third-order valence-electron chi connectivity index (χ3n) is 3.57. The van der Waals surface area contributed by atoms with E-state index in [0.717, 1.165) is 6.54 Å². The van der Waals surface area contributed by atoms with Gasteiger partial charge in [0.25, 0.3) is 0 Å². The van der Waals surface area contributed by atoms with Gasteiger partial charge in [0.1, 0.15) is 0 Å². The summed E-state index contributed by atoms with van der Waals surface area (Å²) in [6.07, 6.45) is 2.55. The first-order valence-electron chi connectivity index (χ1n) is 6.03. The summed E-state index contributed by atoms with van der Waals surface area (Å²) in [5.74, 6) is 0. The quantitative estimate of drug-likeness (QED) is 0.752. The Morgan fingerprint density at radius 3 is 2.53 bits per heavy atom. The fourth-order valence-electron chi connectivity index (χ4n) is 2.43. The Kier molecular flexibility index (Phi) is 4.56. The van der Waals surface area contributed by atoms with Crippen molar-refractivity contribution in [3.8, 4) is 0 Å². The van der Waals surface area contributed by atoms with E-state index in [1.165, 1.54) is 25.9 Å². The van der Waals surface area contributed by atoms with E-state index < -0.39 is 0 Å². The van der Waals surface area contributed by atoms with Crippen LogP contribution in [0.5, 0.6) is 0 Å². The normalized spacial score (nSPS) is 27.2. The summed E-state index contributed by atoms with van der Waals surface area (Å²) in [7, 11) is 6.37. The number of nitrogens with one attached hydrogen (secondary N) is 1. The molecule has 1 aliphatic heterocycles. The van der Waals surface area contributed by atoms with Gasteiger partial charge in [0.05, 0.1) is 0 Å². The predicted octanol–water partition coefficient (Wildman–Crippen LogP) is 1.01. The number of hydrogen-bond donors (Lipinski definition) is 1. The lowest BCUT2D eigenvalue weighted by atomic mass is 9.87. The molecule has 1 aliphatic rings. The average Bonchev–Trinajstić information content (AvgIpc) is 2.14. The summed E-state index contributed by atoms with van der Waals surface area (Å²) < 4.78 is 0. The maximum atomic E-state index is 3.41. The molecule has 0 amide bonds. The van der Waals surface area contributed by atoms with E-state index in [4.69, 9.17) is 0 Å². The molecule has 0 radical (unpaired) electrons. The minimum absolute atomic E-state index is 0.349. The largest absolute Gasteiger partial charge is 0.317 e. The van der Waals surface area contributed by atoms with Crippen LogP contribution in [0.4, 0.5) is 0 Å². The summed E-state index contributed by atoms with van der Waals surface area (Å²) in [5, 5.41) is 3.41. The fourth-order valence-corrected chi connectivity index (χ4v) is 2.43. The van der Waals surface area contributed by atoms with Crippen molar-refractivity contribution < 1.29 is 0 Å². The Morgan fingerprint density at radius 1 is 1.40 bits per heavy atom. The fraction of sp³-hybridized carbons (Fsp3) is 1.00. The zero-order valence-corrected chi connectivity index (χ0v) is 11.0. The lowest BCUT2D eigenvalue weighted by Crippen LogP contribution is -2.55. The van der Waals surface area contributed by atoms with Crippen molar-refractivity contribution in [2.24, 2.45) is 0 Å². The molecular formula is C12H27N3. The number of nitrogens with zero attached hydrogens (tertiary/aromatic N) is 2. The molecule has 3 heteroatoms. The number of hydrogen-bond acceptors (Lipinski definition) is 3. The molecule has 0 saturated carbocycles. The molecule has 0 aliphatic carbocycles. The van der Waals surface area contributed by atoms with Gasteiger partial charge in [0.2, 0.25) is 0 Å². The van der Waals surface area contributed by atoms with Gasteiger partial charge in [-0.2, -0.15) is 0 Å². The molecule has 15 heavy (non-hydrogen) atoms. The van der Waals surface area contributed by atoms with Crippen LogP contribution in [0, 0.1) is 0 Å². The summed E-state index contributed by atoms with van der Waals surface area (Å²) in [4.78, 5) is 4.89. The Morgan fingerprint density at radius 2 is 2.07 bits per heavy atom. The van der Waals surface area contributed by atoms with Gasteiger partial charge in [-0.1, -0.05) is 0 Å². The molecule has 1 fully saturated rings. The zero-order valence-electron chi connectivity index (χ0n) is 11.0. The van der Waals surface area contributed by atoms with Crippen LogP contribution in [0.15, 0.2) is 0 Å². The van der Waals surface area contributed by atoms with Gasteiger partial charge in [0.15, 0.2) is 0 Å². The second-order valence-electron chi connectivity index (χ2n) is 5.58. The minimum Gasteiger partial charge on any atom is -0.317 e. The maximum Gasteiger partial charge on any atom is 0.0168 e. The topological polar surface area (TPSA) is 18.5 Å². The Balaban J connectivity index is 2.45. The second kappa shape index (κ2) is 5.28. The summed E-state index contributed by atoms with van der Waals surface area (Å²) >= 11 is 0. The van der Waals surface area contributed by atoms with Crippen molar-refractivity contribution in [3.63, 3.8) is 0 Å². The van der Waals surface area contributed by atoms with Gasteiger partial charge in [-0.3, -0.25) is 4.90 Å². The van der Waals surface area contributed by atoms with E-state index in [1.54, 1.807) is 0 Å². The molecule has 0 spiro atoms. The van der Waals surface area contributed by atoms with Gasteiger partial charge < -0.3 is 10.2 Å². The first-order chi connectivity index (χ1) is 6.95. The maximum absolute atomic E-state index is 3.41. The predicted molar refractivity (Wildman–Crippen MR) is 66.3 cm³/mol. The molecule has 1 rings (SSSR count). The first kappa shape index (κ1) is 12.9. The van der Waals surface area contributed by atoms with E-state index >= 15 is 0 Å². The zero-order chi connectivity index (χ0) is 11.5. The summed E-state index contributed by atoms with van der Waals surface area (Å²) in [6, 6.07) is 0.704. The lowest BCUT2D eigenvalue weighted by molar-refractivity contribution is 0.0546.